The van der Waals surface area contributed by atoms with Gasteiger partial charge in [0.15, 0.2) is 0 Å². The average Bonchev–Trinajstić information content (AvgIpc) is 1.95. The zero-order valence-corrected chi connectivity index (χ0v) is 9.68. The molecule has 0 N–H and O–H groups in total. The Morgan fingerprint density at radius 2 is 1.92 bits per heavy atom. The Labute approximate surface area is 76.9 Å². The molecule has 0 aromatic rings. The summed E-state index contributed by atoms with van der Waals surface area (Å²) in [6.07, 6.45) is 6.25. The largest absolute Gasteiger partial charge is 0.299 e. The molecule has 0 saturated carbocycles. The molecule has 12 heavy (non-hydrogen) atoms. The van der Waals surface area contributed by atoms with E-state index >= 15 is 0 Å². The highest BCUT2D eigenvalue weighted by Crippen LogP contribution is 2.19. The maximum absolute atomic E-state index is 10.4. The molecule has 0 bridgehead atoms. The van der Waals surface area contributed by atoms with Crippen LogP contribution in [0.3, 0.4) is 0 Å². The molecule has 1 nitrogen and oxygen atoms in total. The van der Waals surface area contributed by atoms with Gasteiger partial charge < -0.3 is 0 Å². The zero-order valence-electron chi connectivity index (χ0n) is 8.68. The van der Waals surface area contributed by atoms with Crippen LogP contribution in [-0.2, 0) is 4.79 Å². The van der Waals surface area contributed by atoms with Gasteiger partial charge >= 0.3 is 0 Å². The molecule has 70 valence electrons. The van der Waals surface area contributed by atoms with Crippen LogP contribution < -0.4 is 0 Å². The van der Waals surface area contributed by atoms with Crippen LogP contribution in [0.1, 0.15) is 26.2 Å². The molecule has 2 heteroatoms. The second kappa shape index (κ2) is 5.30. The molecular weight excluding hydrogens is 164 g/mol. The van der Waals surface area contributed by atoms with E-state index in [0.717, 1.165) is 12.7 Å². The topological polar surface area (TPSA) is 17.1 Å². The smallest absolute Gasteiger partial charge is 0.142 e. The molecule has 0 aliphatic carbocycles. The summed E-state index contributed by atoms with van der Waals surface area (Å²) in [5, 5.41) is 1.40. The number of hydrogen-bond acceptors (Lipinski definition) is 1. The molecule has 0 amide bonds. The van der Waals surface area contributed by atoms with Crippen molar-refractivity contribution in [1.82, 2.24) is 0 Å². The zero-order chi connectivity index (χ0) is 9.61. The van der Waals surface area contributed by atoms with Crippen LogP contribution in [-0.4, -0.2) is 14.4 Å². The molecule has 0 spiro atoms. The SMILES string of the molecule is CCCC/C(=C/C=O)[Si](C)(C)C. The fourth-order valence-corrected chi connectivity index (χ4v) is 2.65. The third kappa shape index (κ3) is 4.49. The van der Waals surface area contributed by atoms with Crippen molar-refractivity contribution < 1.29 is 4.79 Å². The summed E-state index contributed by atoms with van der Waals surface area (Å²) in [4.78, 5) is 10.4. The summed E-state index contributed by atoms with van der Waals surface area (Å²) in [5.41, 5.74) is 0. The highest BCUT2D eigenvalue weighted by atomic mass is 28.3. The summed E-state index contributed by atoms with van der Waals surface area (Å²) in [6, 6.07) is 0. The van der Waals surface area contributed by atoms with Gasteiger partial charge in [-0.05, 0) is 12.5 Å². The lowest BCUT2D eigenvalue weighted by Gasteiger charge is -2.19. The normalized spacial score (nSPS) is 13.2. The minimum atomic E-state index is -1.22. The fourth-order valence-electron chi connectivity index (χ4n) is 1.16. The predicted molar refractivity (Wildman–Crippen MR) is 57.0 cm³/mol. The second-order valence-electron chi connectivity index (χ2n) is 4.18. The van der Waals surface area contributed by atoms with E-state index in [-0.39, 0.29) is 0 Å². The minimum absolute atomic E-state index is 0.934. The van der Waals surface area contributed by atoms with E-state index in [1.54, 1.807) is 6.08 Å². The van der Waals surface area contributed by atoms with E-state index in [1.165, 1.54) is 18.0 Å². The first-order valence-corrected chi connectivity index (χ1v) is 8.17. The van der Waals surface area contributed by atoms with E-state index in [9.17, 15) is 4.79 Å². The Morgan fingerprint density at radius 3 is 2.25 bits per heavy atom. The van der Waals surface area contributed by atoms with E-state index in [4.69, 9.17) is 0 Å². The monoisotopic (exact) mass is 184 g/mol. The standard InChI is InChI=1S/C10H20OSi/c1-5-6-7-10(8-9-11)12(2,3)4/h8-9H,5-7H2,1-4H3/b10-8-. The van der Waals surface area contributed by atoms with Crippen LogP contribution in [0.2, 0.25) is 19.6 Å². The van der Waals surface area contributed by atoms with Gasteiger partial charge in [-0.3, -0.25) is 4.79 Å². The second-order valence-corrected chi connectivity index (χ2v) is 9.32. The van der Waals surface area contributed by atoms with Crippen molar-refractivity contribution in [3.05, 3.63) is 11.3 Å². The molecular formula is C10H20OSi. The summed E-state index contributed by atoms with van der Waals surface area (Å²) < 4.78 is 0. The van der Waals surface area contributed by atoms with E-state index in [2.05, 4.69) is 26.6 Å². The van der Waals surface area contributed by atoms with E-state index in [0.29, 0.717) is 0 Å². The molecule has 0 aliphatic rings. The quantitative estimate of drug-likeness (QED) is 0.364. The molecule has 0 unspecified atom stereocenters. The molecule has 0 radical (unpaired) electrons. The van der Waals surface area contributed by atoms with Gasteiger partial charge in [0, 0.05) is 0 Å². The molecule has 0 rings (SSSR count). The highest BCUT2D eigenvalue weighted by Gasteiger charge is 2.18. The van der Waals surface area contributed by atoms with Gasteiger partial charge in [-0.1, -0.05) is 44.6 Å². The lowest BCUT2D eigenvalue weighted by Crippen LogP contribution is -2.24. The van der Waals surface area contributed by atoms with Gasteiger partial charge in [0.2, 0.25) is 0 Å². The fraction of sp³-hybridized carbons (Fsp3) is 0.700. The molecule has 0 aromatic carbocycles. The minimum Gasteiger partial charge on any atom is -0.299 e. The lowest BCUT2D eigenvalue weighted by molar-refractivity contribution is -0.104. The first-order chi connectivity index (χ1) is 5.52. The molecule has 0 fully saturated rings. The summed E-state index contributed by atoms with van der Waals surface area (Å²) in [6.45, 7) is 9.05. The van der Waals surface area contributed by atoms with Crippen LogP contribution in [0.15, 0.2) is 11.3 Å². The first-order valence-electron chi connectivity index (χ1n) is 4.67. The Kier molecular flexibility index (Phi) is 5.14. The maximum atomic E-state index is 10.4. The number of unbranched alkanes of at least 4 members (excludes halogenated alkanes) is 1. The van der Waals surface area contributed by atoms with Crippen LogP contribution in [0.5, 0.6) is 0 Å². The molecule has 0 saturated heterocycles. The molecule has 0 aliphatic heterocycles. The van der Waals surface area contributed by atoms with Crippen LogP contribution in [0.25, 0.3) is 0 Å². The average molecular weight is 184 g/mol. The number of rotatable bonds is 5. The van der Waals surface area contributed by atoms with Crippen molar-refractivity contribution in [2.75, 3.05) is 0 Å². The van der Waals surface area contributed by atoms with Crippen molar-refractivity contribution in [2.45, 2.75) is 45.8 Å². The Bertz CT molecular complexity index is 165. The van der Waals surface area contributed by atoms with Crippen molar-refractivity contribution in [1.29, 1.82) is 0 Å². The van der Waals surface area contributed by atoms with Gasteiger partial charge in [-0.15, -0.1) is 0 Å². The van der Waals surface area contributed by atoms with E-state index in [1.807, 2.05) is 0 Å². The summed E-state index contributed by atoms with van der Waals surface area (Å²) >= 11 is 0. The van der Waals surface area contributed by atoms with Crippen LogP contribution in [0, 0.1) is 0 Å². The third-order valence-electron chi connectivity index (χ3n) is 2.03. The van der Waals surface area contributed by atoms with Crippen molar-refractivity contribution in [3.8, 4) is 0 Å². The predicted octanol–water partition coefficient (Wildman–Crippen LogP) is 3.18. The van der Waals surface area contributed by atoms with Crippen LogP contribution in [0.4, 0.5) is 0 Å². The van der Waals surface area contributed by atoms with Gasteiger partial charge in [0.25, 0.3) is 0 Å². The van der Waals surface area contributed by atoms with E-state index < -0.39 is 8.07 Å². The number of carbonyl (C=O) groups excluding carboxylic acids is 1. The van der Waals surface area contributed by atoms with Gasteiger partial charge in [0.05, 0.1) is 8.07 Å². The summed E-state index contributed by atoms with van der Waals surface area (Å²) in [7, 11) is -1.22. The van der Waals surface area contributed by atoms with Crippen LogP contribution >= 0.6 is 0 Å². The Balaban J connectivity index is 4.25. The highest BCUT2D eigenvalue weighted by molar-refractivity contribution is 6.83. The molecule has 0 heterocycles. The third-order valence-corrected chi connectivity index (χ3v) is 4.38. The van der Waals surface area contributed by atoms with Crippen molar-refractivity contribution in [2.24, 2.45) is 0 Å². The Hall–Kier alpha value is -0.373. The number of allylic oxidation sites excluding steroid dienone is 2. The van der Waals surface area contributed by atoms with Gasteiger partial charge in [-0.25, -0.2) is 0 Å². The molecule has 0 aromatic heterocycles. The van der Waals surface area contributed by atoms with Crippen molar-refractivity contribution in [3.63, 3.8) is 0 Å². The number of hydrogen-bond donors (Lipinski definition) is 0. The summed E-state index contributed by atoms with van der Waals surface area (Å²) in [5.74, 6) is 0. The number of carbonyl (C=O) groups is 1. The molecule has 0 atom stereocenters. The van der Waals surface area contributed by atoms with Gasteiger partial charge in [-0.2, -0.15) is 0 Å². The maximum Gasteiger partial charge on any atom is 0.142 e. The van der Waals surface area contributed by atoms with Gasteiger partial charge in [0.1, 0.15) is 6.29 Å². The number of aldehydes is 1. The van der Waals surface area contributed by atoms with Crippen molar-refractivity contribution >= 4 is 14.4 Å². The lowest BCUT2D eigenvalue weighted by atomic mass is 10.2. The Morgan fingerprint density at radius 1 is 1.33 bits per heavy atom. The first kappa shape index (κ1) is 11.6.